The van der Waals surface area contributed by atoms with Crippen LogP contribution in [0.3, 0.4) is 0 Å². The maximum absolute atomic E-state index is 13.0. The molecule has 3 aromatic carbocycles. The molecule has 0 saturated heterocycles. The van der Waals surface area contributed by atoms with E-state index < -0.39 is 4.92 Å². The number of anilines is 3. The van der Waals surface area contributed by atoms with Crippen LogP contribution in [0.4, 0.5) is 22.7 Å². The lowest BCUT2D eigenvalue weighted by Gasteiger charge is -2.18. The van der Waals surface area contributed by atoms with Crippen molar-refractivity contribution in [3.8, 4) is 0 Å². The second kappa shape index (κ2) is 8.89. The van der Waals surface area contributed by atoms with E-state index in [1.54, 1.807) is 42.2 Å². The fourth-order valence-electron chi connectivity index (χ4n) is 3.80. The number of nitro benzene ring substituents is 1. The van der Waals surface area contributed by atoms with Crippen LogP contribution < -0.4 is 15.5 Å². The summed E-state index contributed by atoms with van der Waals surface area (Å²) in [5.41, 5.74) is 3.99. The quantitative estimate of drug-likeness (QED) is 0.451. The van der Waals surface area contributed by atoms with Crippen LogP contribution in [0.1, 0.15) is 21.5 Å². The lowest BCUT2D eigenvalue weighted by Crippen LogP contribution is -2.29. The molecule has 0 saturated carbocycles. The van der Waals surface area contributed by atoms with Crippen molar-refractivity contribution in [2.75, 3.05) is 28.6 Å². The number of carbonyl (C=O) groups excluding carboxylic acids is 2. The number of hydrogen-bond donors (Lipinski definition) is 2. The Morgan fingerprint density at radius 3 is 2.66 bits per heavy atom. The normalized spacial score (nSPS) is 12.2. The highest BCUT2D eigenvalue weighted by Gasteiger charge is 2.25. The number of amides is 2. The van der Waals surface area contributed by atoms with Gasteiger partial charge in [0.05, 0.1) is 22.7 Å². The molecule has 0 fully saturated rings. The number of para-hydroxylation sites is 1. The number of rotatable bonds is 6. The molecule has 1 heterocycles. The first kappa shape index (κ1) is 21.0. The van der Waals surface area contributed by atoms with Crippen molar-refractivity contribution in [3.05, 3.63) is 93.5 Å². The van der Waals surface area contributed by atoms with Gasteiger partial charge in [-0.1, -0.05) is 30.3 Å². The summed E-state index contributed by atoms with van der Waals surface area (Å²) in [6, 6.07) is 19.4. The molecular weight excluding hydrogens is 408 g/mol. The molecule has 0 unspecified atom stereocenters. The predicted molar refractivity (Wildman–Crippen MR) is 123 cm³/mol. The van der Waals surface area contributed by atoms with Crippen LogP contribution in [0.5, 0.6) is 0 Å². The van der Waals surface area contributed by atoms with Gasteiger partial charge in [-0.2, -0.15) is 0 Å². The summed E-state index contributed by atoms with van der Waals surface area (Å²) in [5.74, 6) is -0.436. The number of nitrogens with one attached hydrogen (secondary N) is 2. The second-order valence-electron chi connectivity index (χ2n) is 7.52. The zero-order valence-corrected chi connectivity index (χ0v) is 17.5. The van der Waals surface area contributed by atoms with E-state index in [1.807, 2.05) is 24.3 Å². The molecule has 0 spiro atoms. The van der Waals surface area contributed by atoms with E-state index in [0.717, 1.165) is 17.7 Å². The summed E-state index contributed by atoms with van der Waals surface area (Å²) < 4.78 is 0. The average Bonchev–Trinajstić information content (AvgIpc) is 3.23. The Balaban J connectivity index is 1.41. The van der Waals surface area contributed by atoms with E-state index in [0.29, 0.717) is 29.0 Å². The number of nitro groups is 1. The van der Waals surface area contributed by atoms with Crippen LogP contribution in [0.15, 0.2) is 66.7 Å². The van der Waals surface area contributed by atoms with Crippen molar-refractivity contribution < 1.29 is 14.5 Å². The monoisotopic (exact) mass is 430 g/mol. The summed E-state index contributed by atoms with van der Waals surface area (Å²) in [6.07, 6.45) is 0.830. The highest BCUT2D eigenvalue weighted by atomic mass is 16.6. The van der Waals surface area contributed by atoms with Crippen LogP contribution in [0, 0.1) is 17.0 Å². The minimum atomic E-state index is -0.482. The zero-order valence-electron chi connectivity index (χ0n) is 17.5. The van der Waals surface area contributed by atoms with Crippen molar-refractivity contribution >= 4 is 34.6 Å². The second-order valence-corrected chi connectivity index (χ2v) is 7.52. The summed E-state index contributed by atoms with van der Waals surface area (Å²) in [5, 5.41) is 16.8. The fraction of sp³-hybridized carbons (Fsp3) is 0.167. The lowest BCUT2D eigenvalue weighted by molar-refractivity contribution is -0.385. The minimum absolute atomic E-state index is 0.0493. The van der Waals surface area contributed by atoms with Crippen LogP contribution >= 0.6 is 0 Å². The van der Waals surface area contributed by atoms with E-state index >= 15 is 0 Å². The van der Waals surface area contributed by atoms with Crippen molar-refractivity contribution in [2.45, 2.75) is 13.3 Å². The topological polar surface area (TPSA) is 105 Å². The van der Waals surface area contributed by atoms with Gasteiger partial charge >= 0.3 is 0 Å². The van der Waals surface area contributed by atoms with Crippen molar-refractivity contribution in [1.29, 1.82) is 0 Å². The maximum Gasteiger partial charge on any atom is 0.274 e. The standard InChI is InChI=1S/C24H22N4O4/c1-16-20(9-5-11-21(16)28(31)32)26-23(29)15-25-19-8-4-7-18(14-19)24(30)27-13-12-17-6-2-3-10-22(17)27/h2-11,14,25H,12-13,15H2,1H3,(H,26,29). The number of benzene rings is 3. The van der Waals surface area contributed by atoms with Gasteiger partial charge in [0, 0.05) is 29.5 Å². The molecule has 0 bridgehead atoms. The third-order valence-corrected chi connectivity index (χ3v) is 5.47. The van der Waals surface area contributed by atoms with Crippen LogP contribution in [0.2, 0.25) is 0 Å². The number of nitrogens with zero attached hydrogens (tertiary/aromatic N) is 2. The van der Waals surface area contributed by atoms with Gasteiger partial charge < -0.3 is 15.5 Å². The fourth-order valence-corrected chi connectivity index (χ4v) is 3.80. The van der Waals surface area contributed by atoms with Crippen molar-refractivity contribution in [2.24, 2.45) is 0 Å². The van der Waals surface area contributed by atoms with E-state index in [-0.39, 0.29) is 24.0 Å². The number of carbonyl (C=O) groups is 2. The molecule has 0 atom stereocenters. The van der Waals surface area contributed by atoms with Crippen molar-refractivity contribution in [1.82, 2.24) is 0 Å². The molecule has 1 aliphatic rings. The summed E-state index contributed by atoms with van der Waals surface area (Å²) in [7, 11) is 0. The highest BCUT2D eigenvalue weighted by molar-refractivity contribution is 6.07. The first-order valence-electron chi connectivity index (χ1n) is 10.2. The van der Waals surface area contributed by atoms with Gasteiger partial charge in [0.2, 0.25) is 5.91 Å². The molecular formula is C24H22N4O4. The molecule has 3 aromatic rings. The summed E-state index contributed by atoms with van der Waals surface area (Å²) >= 11 is 0. The van der Waals surface area contributed by atoms with Gasteiger partial charge in [0.25, 0.3) is 11.6 Å². The summed E-state index contributed by atoms with van der Waals surface area (Å²) in [6.45, 7) is 2.18. The minimum Gasteiger partial charge on any atom is -0.376 e. The largest absolute Gasteiger partial charge is 0.376 e. The van der Waals surface area contributed by atoms with Crippen LogP contribution in [0.25, 0.3) is 0 Å². The van der Waals surface area contributed by atoms with E-state index in [9.17, 15) is 19.7 Å². The van der Waals surface area contributed by atoms with Gasteiger partial charge in [0.15, 0.2) is 0 Å². The van der Waals surface area contributed by atoms with Gasteiger partial charge in [-0.15, -0.1) is 0 Å². The molecule has 8 nitrogen and oxygen atoms in total. The zero-order chi connectivity index (χ0) is 22.7. The molecule has 8 heteroatoms. The lowest BCUT2D eigenvalue weighted by atomic mass is 10.1. The molecule has 2 amide bonds. The van der Waals surface area contributed by atoms with Gasteiger partial charge in [-0.05, 0) is 49.2 Å². The first-order valence-corrected chi connectivity index (χ1v) is 10.2. The third-order valence-electron chi connectivity index (χ3n) is 5.47. The highest BCUT2D eigenvalue weighted by Crippen LogP contribution is 2.29. The molecule has 2 N–H and O–H groups in total. The molecule has 1 aliphatic heterocycles. The number of hydrogen-bond acceptors (Lipinski definition) is 5. The van der Waals surface area contributed by atoms with Gasteiger partial charge in [0.1, 0.15) is 0 Å². The first-order chi connectivity index (χ1) is 15.4. The van der Waals surface area contributed by atoms with Crippen molar-refractivity contribution in [3.63, 3.8) is 0 Å². The Kier molecular flexibility index (Phi) is 5.85. The molecule has 4 rings (SSSR count). The molecule has 162 valence electrons. The smallest absolute Gasteiger partial charge is 0.274 e. The van der Waals surface area contributed by atoms with E-state index in [1.165, 1.54) is 12.1 Å². The Labute approximate surface area is 185 Å². The molecule has 32 heavy (non-hydrogen) atoms. The molecule has 0 aromatic heterocycles. The van der Waals surface area contributed by atoms with E-state index in [2.05, 4.69) is 10.6 Å². The van der Waals surface area contributed by atoms with Crippen LogP contribution in [-0.4, -0.2) is 29.8 Å². The Morgan fingerprint density at radius 1 is 1.06 bits per heavy atom. The predicted octanol–water partition coefficient (Wildman–Crippen LogP) is 4.16. The summed E-state index contributed by atoms with van der Waals surface area (Å²) in [4.78, 5) is 37.8. The number of fused-ring (bicyclic) bond motifs is 1. The Bertz CT molecular complexity index is 1210. The van der Waals surface area contributed by atoms with Gasteiger partial charge in [-0.3, -0.25) is 19.7 Å². The average molecular weight is 430 g/mol. The van der Waals surface area contributed by atoms with Gasteiger partial charge in [-0.25, -0.2) is 0 Å². The van der Waals surface area contributed by atoms with E-state index in [4.69, 9.17) is 0 Å². The third kappa shape index (κ3) is 4.29. The SMILES string of the molecule is Cc1c(NC(=O)CNc2cccc(C(=O)N3CCc4ccccc43)c2)cccc1[N+](=O)[O-]. The van der Waals surface area contributed by atoms with Crippen LogP contribution in [-0.2, 0) is 11.2 Å². The Morgan fingerprint density at radius 2 is 1.84 bits per heavy atom. The Hall–Kier alpha value is -4.20. The molecule has 0 aliphatic carbocycles. The maximum atomic E-state index is 13.0. The molecule has 0 radical (unpaired) electrons.